The average molecular weight is 297 g/mol. The van der Waals surface area contributed by atoms with Gasteiger partial charge < -0.3 is 0 Å². The van der Waals surface area contributed by atoms with Crippen LogP contribution in [0.4, 0.5) is 0 Å². The third-order valence-corrected chi connectivity index (χ3v) is 6.31. The second-order valence-corrected chi connectivity index (χ2v) is 9.65. The van der Waals surface area contributed by atoms with Gasteiger partial charge in [-0.2, -0.15) is 0 Å². The molecule has 0 amide bonds. The van der Waals surface area contributed by atoms with Crippen LogP contribution in [-0.2, 0) is 19.2 Å². The Balaban J connectivity index is 3.87. The average Bonchev–Trinajstić information content (AvgIpc) is 1.62. The predicted octanol–water partition coefficient (Wildman–Crippen LogP) is 2.22. The van der Waals surface area contributed by atoms with Gasteiger partial charge in [-0.25, -0.2) is 0 Å². The zero-order valence-corrected chi connectivity index (χ0v) is 9.92. The van der Waals surface area contributed by atoms with Crippen molar-refractivity contribution in [1.29, 1.82) is 0 Å². The summed E-state index contributed by atoms with van der Waals surface area (Å²) >= 11 is 1.50. The van der Waals surface area contributed by atoms with E-state index in [-0.39, 0.29) is 0 Å². The van der Waals surface area contributed by atoms with Crippen molar-refractivity contribution in [3.05, 3.63) is 0 Å². The minimum absolute atomic E-state index is 0.775. The first-order valence-corrected chi connectivity index (χ1v) is 7.90. The zero-order valence-electron chi connectivity index (χ0n) is 5.99. The fraction of sp³-hybridized carbons (Fsp3) is 0.833. The van der Waals surface area contributed by atoms with Crippen LogP contribution in [0.15, 0.2) is 0 Å². The summed E-state index contributed by atoms with van der Waals surface area (Å²) in [7, 11) is -0.851. The van der Waals surface area contributed by atoms with Crippen LogP contribution in [0.3, 0.4) is 0 Å². The number of hydrogen-bond donors (Lipinski definition) is 0. The fourth-order valence-electron chi connectivity index (χ4n) is 0.177. The molecule has 0 radical (unpaired) electrons. The van der Waals surface area contributed by atoms with Crippen LogP contribution in [0.5, 0.6) is 0 Å². The third-order valence-electron chi connectivity index (χ3n) is 1.48. The van der Waals surface area contributed by atoms with Crippen LogP contribution in [0, 0.1) is 4.20 Å². The molecule has 0 spiro atoms. The first-order valence-electron chi connectivity index (χ1n) is 2.86. The second kappa shape index (κ2) is 3.01. The molecule has 46 valence electrons. The fourth-order valence-corrected chi connectivity index (χ4v) is 4.34. The van der Waals surface area contributed by atoms with Crippen molar-refractivity contribution in [2.45, 2.75) is 32.1 Å². The van der Waals surface area contributed by atoms with Crippen LogP contribution in [0.1, 0.15) is 6.92 Å². The first-order chi connectivity index (χ1) is 3.48. The third kappa shape index (κ3) is 2.86. The maximum absolute atomic E-state index is 3.35. The Kier molecular flexibility index (Phi) is 3.27. The normalized spacial score (nSPS) is 14.9. The summed E-state index contributed by atoms with van der Waals surface area (Å²) in [4.78, 5) is 0. The van der Waals surface area contributed by atoms with Crippen molar-refractivity contribution in [3.63, 3.8) is 0 Å². The molecule has 0 fully saturated rings. The molecule has 1 unspecified atom stereocenters. The Morgan fingerprint density at radius 1 is 1.38 bits per heavy atom. The van der Waals surface area contributed by atoms with Gasteiger partial charge in [0.25, 0.3) is 0 Å². The topological polar surface area (TPSA) is 0 Å². The van der Waals surface area contributed by atoms with Crippen molar-refractivity contribution in [3.8, 4) is 4.20 Å². The van der Waals surface area contributed by atoms with E-state index in [1.165, 1.54) is 19.2 Å². The quantitative estimate of drug-likeness (QED) is 0.651. The van der Waals surface area contributed by atoms with E-state index < -0.39 is 8.07 Å². The molecule has 0 aromatic rings. The molecular weight excluding hydrogens is 284 g/mol. The van der Waals surface area contributed by atoms with Crippen LogP contribution in [-0.4, -0.2) is 8.07 Å². The molecule has 0 aromatic heterocycles. The molecule has 0 rings (SSSR count). The molecule has 8 heavy (non-hydrogen) atoms. The van der Waals surface area contributed by atoms with E-state index in [0.29, 0.717) is 0 Å². The van der Waals surface area contributed by atoms with E-state index in [1.54, 1.807) is 0 Å². The monoisotopic (exact) mass is 297 g/mol. The summed E-state index contributed by atoms with van der Waals surface area (Å²) < 4.78 is 3.35. The molecule has 1 atom stereocenters. The van der Waals surface area contributed by atoms with Gasteiger partial charge in [-0.1, -0.05) is 0 Å². The van der Waals surface area contributed by atoms with Crippen molar-refractivity contribution >= 4 is 8.07 Å². The van der Waals surface area contributed by atoms with Crippen LogP contribution < -0.4 is 0 Å². The summed E-state index contributed by atoms with van der Waals surface area (Å²) in [6.07, 6.45) is 0. The van der Waals surface area contributed by atoms with E-state index in [2.05, 4.69) is 30.8 Å². The van der Waals surface area contributed by atoms with Crippen LogP contribution in [0.2, 0.25) is 25.2 Å². The van der Waals surface area contributed by atoms with E-state index in [1.807, 2.05) is 0 Å². The molecule has 0 aliphatic heterocycles. The van der Waals surface area contributed by atoms with Gasteiger partial charge >= 0.3 is 63.5 Å². The molecule has 2 heteroatoms. The molecule has 0 saturated heterocycles. The van der Waals surface area contributed by atoms with E-state index >= 15 is 0 Å². The Morgan fingerprint density at radius 2 is 1.75 bits per heavy atom. The van der Waals surface area contributed by atoms with Crippen LogP contribution in [0.25, 0.3) is 0 Å². The Bertz CT molecular complexity index is 107. The molecule has 0 bridgehead atoms. The van der Waals surface area contributed by atoms with Gasteiger partial charge in [0.2, 0.25) is 0 Å². The number of rotatable bonds is 1. The van der Waals surface area contributed by atoms with Crippen molar-refractivity contribution < 1.29 is 19.2 Å². The second-order valence-electron chi connectivity index (χ2n) is 3.21. The summed E-state index contributed by atoms with van der Waals surface area (Å²) in [5, 5.41) is 0. The van der Waals surface area contributed by atoms with Gasteiger partial charge in [0.1, 0.15) is 0 Å². The van der Waals surface area contributed by atoms with Crippen molar-refractivity contribution in [2.24, 2.45) is 0 Å². The first kappa shape index (κ1) is 8.69. The van der Waals surface area contributed by atoms with Gasteiger partial charge in [-0.3, -0.25) is 0 Å². The molecule has 0 aliphatic rings. The SMILES string of the molecule is CC([C]#[W+])[Si](C)(C)C. The molecular formula is C6H13SiW+. The summed E-state index contributed by atoms with van der Waals surface area (Å²) in [5.74, 6) is 0. The standard InChI is InChI=1S/C6H13Si.W/c1-6(2)7(3,4)5;/h6H,1,3-5H3;/q;+1. The van der Waals surface area contributed by atoms with E-state index in [0.717, 1.165) is 5.54 Å². The van der Waals surface area contributed by atoms with Gasteiger partial charge in [-0.05, 0) is 0 Å². The van der Waals surface area contributed by atoms with Crippen LogP contribution >= 0.6 is 0 Å². The Hall–Kier alpha value is 0.685. The number of hydrogen-bond acceptors (Lipinski definition) is 0. The maximum atomic E-state index is 3.35. The molecule has 0 heterocycles. The summed E-state index contributed by atoms with van der Waals surface area (Å²) in [6.45, 7) is 9.42. The van der Waals surface area contributed by atoms with Gasteiger partial charge in [0.15, 0.2) is 0 Å². The van der Waals surface area contributed by atoms with Gasteiger partial charge in [-0.15, -0.1) is 0 Å². The summed E-state index contributed by atoms with van der Waals surface area (Å²) in [5.41, 5.74) is 0.775. The Labute approximate surface area is 63.7 Å². The molecule has 0 aromatic carbocycles. The van der Waals surface area contributed by atoms with Gasteiger partial charge in [0.05, 0.1) is 0 Å². The minimum atomic E-state index is -0.851. The molecule has 0 N–H and O–H groups in total. The molecule has 0 saturated carbocycles. The summed E-state index contributed by atoms with van der Waals surface area (Å²) in [6, 6.07) is 0. The predicted molar refractivity (Wildman–Crippen MR) is 36.7 cm³/mol. The van der Waals surface area contributed by atoms with Crippen molar-refractivity contribution in [2.75, 3.05) is 0 Å². The van der Waals surface area contributed by atoms with Gasteiger partial charge in [0, 0.05) is 0 Å². The zero-order chi connectivity index (χ0) is 6.78. The Morgan fingerprint density at radius 3 is 1.75 bits per heavy atom. The van der Waals surface area contributed by atoms with E-state index in [9.17, 15) is 0 Å². The van der Waals surface area contributed by atoms with Crippen molar-refractivity contribution in [1.82, 2.24) is 0 Å². The van der Waals surface area contributed by atoms with E-state index in [4.69, 9.17) is 0 Å². The molecule has 0 nitrogen and oxygen atoms in total. The molecule has 0 aliphatic carbocycles.